The SMILES string of the molecule is O=C(Cl)Cc1ccccc1Br.O=C1CCc2cccc(Br)c2C1. The molecule has 0 aromatic heterocycles. The van der Waals surface area contributed by atoms with Gasteiger partial charge in [0.15, 0.2) is 0 Å². The number of carbonyl (C=O) groups excluding carboxylic acids is 2. The highest BCUT2D eigenvalue weighted by Gasteiger charge is 2.16. The highest BCUT2D eigenvalue weighted by Crippen LogP contribution is 2.26. The van der Waals surface area contributed by atoms with Crippen LogP contribution in [-0.4, -0.2) is 11.0 Å². The number of ketones is 1. The molecule has 0 amide bonds. The van der Waals surface area contributed by atoms with Crippen LogP contribution in [0.25, 0.3) is 0 Å². The van der Waals surface area contributed by atoms with Gasteiger partial charge in [0.05, 0.1) is 0 Å². The molecule has 2 aromatic carbocycles. The molecule has 0 fully saturated rings. The molecular formula is C18H15Br2ClO2. The first kappa shape index (κ1) is 18.4. The Morgan fingerprint density at radius 1 is 1.00 bits per heavy atom. The summed E-state index contributed by atoms with van der Waals surface area (Å²) >= 11 is 12.0. The van der Waals surface area contributed by atoms with Crippen LogP contribution < -0.4 is 0 Å². The summed E-state index contributed by atoms with van der Waals surface area (Å²) in [5, 5.41) is -0.336. The molecule has 0 bridgehead atoms. The van der Waals surface area contributed by atoms with Crippen LogP contribution in [-0.2, 0) is 28.9 Å². The van der Waals surface area contributed by atoms with E-state index in [1.807, 2.05) is 36.4 Å². The second kappa shape index (κ2) is 8.76. The summed E-state index contributed by atoms with van der Waals surface area (Å²) in [4.78, 5) is 21.7. The van der Waals surface area contributed by atoms with Crippen molar-refractivity contribution in [3.05, 3.63) is 68.1 Å². The largest absolute Gasteiger partial charge is 0.299 e. The van der Waals surface area contributed by atoms with E-state index in [0.29, 0.717) is 18.6 Å². The zero-order valence-corrected chi connectivity index (χ0v) is 16.2. The first-order valence-electron chi connectivity index (χ1n) is 7.17. The molecule has 1 aliphatic rings. The van der Waals surface area contributed by atoms with E-state index in [1.165, 1.54) is 11.1 Å². The monoisotopic (exact) mass is 456 g/mol. The molecule has 0 spiro atoms. The molecule has 5 heteroatoms. The van der Waals surface area contributed by atoms with Crippen molar-refractivity contribution in [1.29, 1.82) is 0 Å². The van der Waals surface area contributed by atoms with Crippen molar-refractivity contribution >= 4 is 54.5 Å². The average Bonchev–Trinajstić information content (AvgIpc) is 2.51. The highest BCUT2D eigenvalue weighted by atomic mass is 79.9. The zero-order valence-electron chi connectivity index (χ0n) is 12.3. The lowest BCUT2D eigenvalue weighted by atomic mass is 9.91. The summed E-state index contributed by atoms with van der Waals surface area (Å²) in [6.45, 7) is 0. The van der Waals surface area contributed by atoms with Crippen molar-refractivity contribution in [3.8, 4) is 0 Å². The standard InChI is InChI=1S/C10H9BrO.C8H6BrClO/c11-10-3-1-2-7-4-5-8(12)6-9(7)10;9-7-4-2-1-3-6(7)5-8(10)11/h1-3H,4-6H2;1-4H,5H2. The predicted molar refractivity (Wildman–Crippen MR) is 99.9 cm³/mol. The number of hydrogen-bond acceptors (Lipinski definition) is 2. The van der Waals surface area contributed by atoms with Crippen molar-refractivity contribution in [1.82, 2.24) is 0 Å². The Hall–Kier alpha value is -0.970. The van der Waals surface area contributed by atoms with Gasteiger partial charge in [-0.05, 0) is 46.8 Å². The quantitative estimate of drug-likeness (QED) is 0.575. The fourth-order valence-electron chi connectivity index (χ4n) is 2.39. The summed E-state index contributed by atoms with van der Waals surface area (Å²) < 4.78 is 2.00. The van der Waals surface area contributed by atoms with Gasteiger partial charge in [0.25, 0.3) is 0 Å². The number of benzene rings is 2. The van der Waals surface area contributed by atoms with Gasteiger partial charge in [-0.2, -0.15) is 0 Å². The van der Waals surface area contributed by atoms with Gasteiger partial charge in [0.1, 0.15) is 5.78 Å². The average molecular weight is 459 g/mol. The third-order valence-corrected chi connectivity index (χ3v) is 5.20. The minimum atomic E-state index is -0.336. The number of hydrogen-bond donors (Lipinski definition) is 0. The molecule has 23 heavy (non-hydrogen) atoms. The van der Waals surface area contributed by atoms with E-state index in [2.05, 4.69) is 37.9 Å². The van der Waals surface area contributed by atoms with Gasteiger partial charge < -0.3 is 0 Å². The van der Waals surface area contributed by atoms with Crippen LogP contribution in [0.3, 0.4) is 0 Å². The zero-order chi connectivity index (χ0) is 16.8. The van der Waals surface area contributed by atoms with Crippen molar-refractivity contribution in [2.75, 3.05) is 0 Å². The Labute approximate surface area is 157 Å². The number of rotatable bonds is 2. The number of aryl methyl sites for hydroxylation is 1. The highest BCUT2D eigenvalue weighted by molar-refractivity contribution is 9.10. The lowest BCUT2D eigenvalue weighted by molar-refractivity contribution is -0.118. The molecule has 0 radical (unpaired) electrons. The molecule has 0 atom stereocenters. The molecule has 0 saturated carbocycles. The van der Waals surface area contributed by atoms with Crippen LogP contribution in [0.2, 0.25) is 0 Å². The number of halogens is 3. The third-order valence-electron chi connectivity index (χ3n) is 3.55. The fourth-order valence-corrected chi connectivity index (χ4v) is 3.50. The summed E-state index contributed by atoms with van der Waals surface area (Å²) in [6, 6.07) is 13.6. The van der Waals surface area contributed by atoms with Gasteiger partial charge >= 0.3 is 0 Å². The Morgan fingerprint density at radius 3 is 2.39 bits per heavy atom. The summed E-state index contributed by atoms with van der Waals surface area (Å²) in [5.74, 6) is 0.356. The summed E-state index contributed by atoms with van der Waals surface area (Å²) in [6.07, 6.45) is 2.51. The van der Waals surface area contributed by atoms with Gasteiger partial charge in [0.2, 0.25) is 5.24 Å². The van der Waals surface area contributed by atoms with Gasteiger partial charge in [-0.25, -0.2) is 0 Å². The van der Waals surface area contributed by atoms with Crippen LogP contribution in [0.1, 0.15) is 23.1 Å². The van der Waals surface area contributed by atoms with E-state index in [-0.39, 0.29) is 11.7 Å². The molecular weight excluding hydrogens is 443 g/mol. The van der Waals surface area contributed by atoms with Gasteiger partial charge in [-0.3, -0.25) is 9.59 Å². The summed E-state index contributed by atoms with van der Waals surface area (Å²) in [7, 11) is 0. The van der Waals surface area contributed by atoms with E-state index < -0.39 is 0 Å². The molecule has 2 aromatic rings. The van der Waals surface area contributed by atoms with Crippen LogP contribution >= 0.6 is 43.5 Å². The normalized spacial score (nSPS) is 12.9. The molecule has 120 valence electrons. The number of carbonyl (C=O) groups is 2. The lowest BCUT2D eigenvalue weighted by Gasteiger charge is -2.15. The van der Waals surface area contributed by atoms with Crippen molar-refractivity contribution in [3.63, 3.8) is 0 Å². The van der Waals surface area contributed by atoms with Crippen molar-refractivity contribution in [2.45, 2.75) is 25.7 Å². The Morgan fingerprint density at radius 2 is 1.70 bits per heavy atom. The van der Waals surface area contributed by atoms with E-state index in [0.717, 1.165) is 20.9 Å². The second-order valence-corrected chi connectivity index (χ2v) is 7.35. The first-order chi connectivity index (χ1) is 11.0. The molecule has 0 aliphatic heterocycles. The first-order valence-corrected chi connectivity index (χ1v) is 9.13. The van der Waals surface area contributed by atoms with Crippen LogP contribution in [0, 0.1) is 0 Å². The van der Waals surface area contributed by atoms with Crippen LogP contribution in [0.4, 0.5) is 0 Å². The minimum Gasteiger partial charge on any atom is -0.299 e. The third kappa shape index (κ3) is 5.55. The van der Waals surface area contributed by atoms with E-state index in [4.69, 9.17) is 11.6 Å². The maximum Gasteiger partial charge on any atom is 0.226 e. The van der Waals surface area contributed by atoms with Gasteiger partial charge in [-0.1, -0.05) is 62.2 Å². The molecule has 0 saturated heterocycles. The predicted octanol–water partition coefficient (Wildman–Crippen LogP) is 5.26. The van der Waals surface area contributed by atoms with E-state index in [1.54, 1.807) is 0 Å². The van der Waals surface area contributed by atoms with E-state index >= 15 is 0 Å². The smallest absolute Gasteiger partial charge is 0.226 e. The second-order valence-electron chi connectivity index (χ2n) is 5.22. The van der Waals surface area contributed by atoms with Crippen molar-refractivity contribution < 1.29 is 9.59 Å². The van der Waals surface area contributed by atoms with Gasteiger partial charge in [0, 0.05) is 28.2 Å². The molecule has 3 rings (SSSR count). The molecule has 0 N–H and O–H groups in total. The maximum absolute atomic E-state index is 11.2. The Balaban J connectivity index is 0.000000168. The van der Waals surface area contributed by atoms with Crippen LogP contribution in [0.15, 0.2) is 51.4 Å². The molecule has 1 aliphatic carbocycles. The van der Waals surface area contributed by atoms with E-state index in [9.17, 15) is 9.59 Å². The number of Topliss-reactive ketones (excluding diaryl/α,β-unsaturated/α-hetero) is 1. The molecule has 0 unspecified atom stereocenters. The van der Waals surface area contributed by atoms with Gasteiger partial charge in [-0.15, -0.1) is 0 Å². The molecule has 2 nitrogen and oxygen atoms in total. The van der Waals surface area contributed by atoms with Crippen LogP contribution in [0.5, 0.6) is 0 Å². The molecule has 0 heterocycles. The topological polar surface area (TPSA) is 34.1 Å². The Kier molecular flexibility index (Phi) is 7.00. The maximum atomic E-state index is 11.2. The number of fused-ring (bicyclic) bond motifs is 1. The Bertz CT molecular complexity index is 729. The minimum absolute atomic E-state index is 0.281. The lowest BCUT2D eigenvalue weighted by Crippen LogP contribution is -2.13. The summed E-state index contributed by atoms with van der Waals surface area (Å²) in [5.41, 5.74) is 3.44. The van der Waals surface area contributed by atoms with Crippen molar-refractivity contribution in [2.24, 2.45) is 0 Å². The fraction of sp³-hybridized carbons (Fsp3) is 0.222.